The van der Waals surface area contributed by atoms with Crippen molar-refractivity contribution in [3.8, 4) is 0 Å². The molecule has 1 fully saturated rings. The molecule has 1 saturated carbocycles. The lowest BCUT2D eigenvalue weighted by Gasteiger charge is -2.37. The second-order valence-corrected chi connectivity index (χ2v) is 7.98. The molecule has 0 saturated heterocycles. The number of hydrogen-bond acceptors (Lipinski definition) is 1. The van der Waals surface area contributed by atoms with Crippen LogP contribution < -0.4 is 5.73 Å². The Morgan fingerprint density at radius 3 is 2.00 bits per heavy atom. The topological polar surface area (TPSA) is 26.0 Å². The average Bonchev–Trinajstić information content (AvgIpc) is 2.87. The maximum atomic E-state index is 6.73. The molecule has 1 aliphatic carbocycles. The van der Waals surface area contributed by atoms with Gasteiger partial charge in [-0.1, -0.05) is 64.8 Å². The van der Waals surface area contributed by atoms with Crippen molar-refractivity contribution in [1.82, 2.24) is 0 Å². The van der Waals surface area contributed by atoms with Gasteiger partial charge in [-0.05, 0) is 54.1 Å². The van der Waals surface area contributed by atoms with Gasteiger partial charge in [0.2, 0.25) is 0 Å². The van der Waals surface area contributed by atoms with Crippen molar-refractivity contribution in [2.45, 2.75) is 72.3 Å². The monoisotopic (exact) mass is 287 g/mol. The van der Waals surface area contributed by atoms with Crippen molar-refractivity contribution in [2.75, 3.05) is 0 Å². The molecule has 0 radical (unpaired) electrons. The van der Waals surface area contributed by atoms with E-state index in [1.165, 1.54) is 43.2 Å². The van der Waals surface area contributed by atoms with Gasteiger partial charge >= 0.3 is 0 Å². The van der Waals surface area contributed by atoms with Crippen LogP contribution >= 0.6 is 0 Å². The average molecular weight is 287 g/mol. The molecule has 1 nitrogen and oxygen atoms in total. The Hall–Kier alpha value is -0.820. The molecular formula is C20H33N. The van der Waals surface area contributed by atoms with E-state index < -0.39 is 0 Å². The Morgan fingerprint density at radius 2 is 1.52 bits per heavy atom. The summed E-state index contributed by atoms with van der Waals surface area (Å²) in [5.74, 6) is 1.45. The fourth-order valence-corrected chi connectivity index (χ4v) is 4.22. The van der Waals surface area contributed by atoms with E-state index in [0.29, 0.717) is 11.3 Å². The highest BCUT2D eigenvalue weighted by molar-refractivity contribution is 5.27. The molecule has 1 aromatic rings. The van der Waals surface area contributed by atoms with Gasteiger partial charge in [0.05, 0.1) is 0 Å². The van der Waals surface area contributed by atoms with Gasteiger partial charge in [-0.3, -0.25) is 0 Å². The molecule has 21 heavy (non-hydrogen) atoms. The minimum atomic E-state index is 0.204. The number of hydrogen-bond donors (Lipinski definition) is 1. The molecule has 0 amide bonds. The first-order chi connectivity index (χ1) is 9.93. The number of nitrogens with two attached hydrogens (primary N) is 1. The second-order valence-electron chi connectivity index (χ2n) is 7.98. The van der Waals surface area contributed by atoms with E-state index >= 15 is 0 Å². The van der Waals surface area contributed by atoms with Crippen LogP contribution in [0.15, 0.2) is 24.3 Å². The summed E-state index contributed by atoms with van der Waals surface area (Å²) in [7, 11) is 0. The van der Waals surface area contributed by atoms with Crippen LogP contribution in [0.3, 0.4) is 0 Å². The maximum absolute atomic E-state index is 6.73. The van der Waals surface area contributed by atoms with Gasteiger partial charge in [-0.25, -0.2) is 0 Å². The van der Waals surface area contributed by atoms with Crippen LogP contribution in [0.1, 0.15) is 77.0 Å². The Morgan fingerprint density at radius 1 is 0.952 bits per heavy atom. The molecule has 0 bridgehead atoms. The fraction of sp³-hybridized carbons (Fsp3) is 0.700. The van der Waals surface area contributed by atoms with E-state index in [1.54, 1.807) is 0 Å². The van der Waals surface area contributed by atoms with Crippen molar-refractivity contribution < 1.29 is 0 Å². The second kappa shape index (κ2) is 6.96. The molecule has 1 aromatic carbocycles. The standard InChI is InChI=1S/C20H33N/c1-15(2)13-17-7-9-18(10-8-17)19(21)20(14-16(3)4)11-5-6-12-20/h7-10,15-16,19H,5-6,11-14,21H2,1-4H3. The summed E-state index contributed by atoms with van der Waals surface area (Å²) in [6.45, 7) is 9.21. The summed E-state index contributed by atoms with van der Waals surface area (Å²) in [6.07, 6.45) is 7.74. The highest BCUT2D eigenvalue weighted by Gasteiger charge is 2.40. The quantitative estimate of drug-likeness (QED) is 0.735. The Kier molecular flexibility index (Phi) is 5.48. The van der Waals surface area contributed by atoms with Crippen molar-refractivity contribution in [3.63, 3.8) is 0 Å². The Labute approximate surface area is 131 Å². The maximum Gasteiger partial charge on any atom is 0.0352 e. The summed E-state index contributed by atoms with van der Waals surface area (Å²) in [5, 5.41) is 0. The van der Waals surface area contributed by atoms with Crippen molar-refractivity contribution in [3.05, 3.63) is 35.4 Å². The van der Waals surface area contributed by atoms with Gasteiger partial charge in [0.1, 0.15) is 0 Å². The zero-order valence-corrected chi connectivity index (χ0v) is 14.4. The molecule has 1 heteroatoms. The van der Waals surface area contributed by atoms with Crippen LogP contribution in [0.2, 0.25) is 0 Å². The lowest BCUT2D eigenvalue weighted by molar-refractivity contribution is 0.183. The van der Waals surface area contributed by atoms with E-state index in [0.717, 1.165) is 12.3 Å². The van der Waals surface area contributed by atoms with Crippen LogP contribution in [0.25, 0.3) is 0 Å². The SMILES string of the molecule is CC(C)Cc1ccc(C(N)C2(CC(C)C)CCCC2)cc1. The van der Waals surface area contributed by atoms with E-state index in [1.807, 2.05) is 0 Å². The van der Waals surface area contributed by atoms with E-state index in [4.69, 9.17) is 5.73 Å². The fourth-order valence-electron chi connectivity index (χ4n) is 4.22. The largest absolute Gasteiger partial charge is 0.323 e. The Balaban J connectivity index is 2.15. The predicted octanol–water partition coefficient (Wildman–Crippen LogP) is 5.49. The van der Waals surface area contributed by atoms with E-state index in [-0.39, 0.29) is 6.04 Å². The molecule has 1 aliphatic rings. The van der Waals surface area contributed by atoms with Gasteiger partial charge in [0.25, 0.3) is 0 Å². The van der Waals surface area contributed by atoms with Crippen molar-refractivity contribution >= 4 is 0 Å². The molecule has 0 aliphatic heterocycles. The minimum Gasteiger partial charge on any atom is -0.323 e. The third-order valence-electron chi connectivity index (χ3n) is 5.06. The number of rotatable bonds is 6. The minimum absolute atomic E-state index is 0.204. The molecule has 1 atom stereocenters. The van der Waals surface area contributed by atoms with Gasteiger partial charge in [0, 0.05) is 6.04 Å². The van der Waals surface area contributed by atoms with Gasteiger partial charge in [-0.15, -0.1) is 0 Å². The lowest BCUT2D eigenvalue weighted by atomic mass is 9.70. The predicted molar refractivity (Wildman–Crippen MR) is 92.3 cm³/mol. The molecule has 118 valence electrons. The van der Waals surface area contributed by atoms with Crippen LogP contribution in [0.5, 0.6) is 0 Å². The first-order valence-corrected chi connectivity index (χ1v) is 8.77. The molecule has 0 heterocycles. The van der Waals surface area contributed by atoms with Crippen LogP contribution in [0, 0.1) is 17.3 Å². The first kappa shape index (κ1) is 16.5. The molecule has 0 spiro atoms. The zero-order chi connectivity index (χ0) is 15.5. The van der Waals surface area contributed by atoms with Crippen molar-refractivity contribution in [1.29, 1.82) is 0 Å². The van der Waals surface area contributed by atoms with Crippen molar-refractivity contribution in [2.24, 2.45) is 23.0 Å². The molecule has 2 N–H and O–H groups in total. The lowest BCUT2D eigenvalue weighted by Crippen LogP contribution is -2.33. The molecule has 0 aromatic heterocycles. The van der Waals surface area contributed by atoms with Crippen LogP contribution in [-0.4, -0.2) is 0 Å². The van der Waals surface area contributed by atoms with Crippen LogP contribution in [-0.2, 0) is 6.42 Å². The summed E-state index contributed by atoms with van der Waals surface area (Å²) >= 11 is 0. The van der Waals surface area contributed by atoms with Gasteiger partial charge < -0.3 is 5.73 Å². The van der Waals surface area contributed by atoms with E-state index in [2.05, 4.69) is 52.0 Å². The number of benzene rings is 1. The smallest absolute Gasteiger partial charge is 0.0352 e. The van der Waals surface area contributed by atoms with Gasteiger partial charge in [0.15, 0.2) is 0 Å². The summed E-state index contributed by atoms with van der Waals surface area (Å²) in [5.41, 5.74) is 9.85. The summed E-state index contributed by atoms with van der Waals surface area (Å²) in [4.78, 5) is 0. The molecule has 2 rings (SSSR count). The van der Waals surface area contributed by atoms with Gasteiger partial charge in [-0.2, -0.15) is 0 Å². The van der Waals surface area contributed by atoms with Crippen LogP contribution in [0.4, 0.5) is 0 Å². The highest BCUT2D eigenvalue weighted by Crippen LogP contribution is 2.50. The normalized spacial score (nSPS) is 19.4. The summed E-state index contributed by atoms with van der Waals surface area (Å²) < 4.78 is 0. The van der Waals surface area contributed by atoms with E-state index in [9.17, 15) is 0 Å². The summed E-state index contributed by atoms with van der Waals surface area (Å²) in [6, 6.07) is 9.34. The third kappa shape index (κ3) is 4.10. The molecular weight excluding hydrogens is 254 g/mol. The highest BCUT2D eigenvalue weighted by atomic mass is 14.7. The molecule has 1 unspecified atom stereocenters. The Bertz CT molecular complexity index is 424. The third-order valence-corrected chi connectivity index (χ3v) is 5.06. The zero-order valence-electron chi connectivity index (χ0n) is 14.4. The first-order valence-electron chi connectivity index (χ1n) is 8.77.